The molecule has 5 heteroatoms. The average molecular weight is 314 g/mol. The summed E-state index contributed by atoms with van der Waals surface area (Å²) in [5.74, 6) is 3.44. The molecule has 0 fully saturated rings. The van der Waals surface area contributed by atoms with Crippen LogP contribution in [0.25, 0.3) is 0 Å². The lowest BCUT2D eigenvalue weighted by Crippen LogP contribution is -2.31. The topological polar surface area (TPSA) is 71.3 Å². The van der Waals surface area contributed by atoms with Crippen molar-refractivity contribution in [1.82, 2.24) is 5.32 Å². The summed E-state index contributed by atoms with van der Waals surface area (Å²) in [6.07, 6.45) is 5.50. The predicted octanol–water partition coefficient (Wildman–Crippen LogP) is 2.62. The number of hydrogen-bond acceptors (Lipinski definition) is 4. The molecule has 0 aliphatic rings. The SMILES string of the molecule is C#CCOc1ccc(C(C)CC(=O)NC(C)C#N)cc1OCC. The van der Waals surface area contributed by atoms with E-state index in [9.17, 15) is 4.79 Å². The lowest BCUT2D eigenvalue weighted by Gasteiger charge is -2.16. The highest BCUT2D eigenvalue weighted by atomic mass is 16.5. The number of rotatable bonds is 8. The van der Waals surface area contributed by atoms with E-state index in [2.05, 4.69) is 11.2 Å². The fourth-order valence-electron chi connectivity index (χ4n) is 2.07. The van der Waals surface area contributed by atoms with Crippen molar-refractivity contribution in [2.75, 3.05) is 13.2 Å². The summed E-state index contributed by atoms with van der Waals surface area (Å²) in [5.41, 5.74) is 0.960. The number of nitriles is 1. The Morgan fingerprint density at radius 1 is 1.35 bits per heavy atom. The van der Waals surface area contributed by atoms with Crippen molar-refractivity contribution in [3.63, 3.8) is 0 Å². The molecule has 1 N–H and O–H groups in total. The maximum atomic E-state index is 11.9. The summed E-state index contributed by atoms with van der Waals surface area (Å²) in [4.78, 5) is 11.9. The zero-order chi connectivity index (χ0) is 17.2. The number of carbonyl (C=O) groups excluding carboxylic acids is 1. The molecular formula is C18H22N2O3. The van der Waals surface area contributed by atoms with E-state index in [1.54, 1.807) is 13.0 Å². The standard InChI is InChI=1S/C18H22N2O3/c1-5-9-23-16-8-7-15(11-17(16)22-6-2)13(3)10-18(21)20-14(4)12-19/h1,7-8,11,13-14H,6,9-10H2,2-4H3,(H,20,21). The number of terminal acetylenes is 1. The zero-order valence-corrected chi connectivity index (χ0v) is 13.8. The normalized spacial score (nSPS) is 12.4. The van der Waals surface area contributed by atoms with Crippen molar-refractivity contribution < 1.29 is 14.3 Å². The minimum atomic E-state index is -0.492. The molecule has 0 heterocycles. The van der Waals surface area contributed by atoms with E-state index in [0.717, 1.165) is 5.56 Å². The third kappa shape index (κ3) is 5.92. The molecule has 0 aliphatic carbocycles. The van der Waals surface area contributed by atoms with Gasteiger partial charge in [-0.25, -0.2) is 0 Å². The van der Waals surface area contributed by atoms with E-state index in [-0.39, 0.29) is 18.4 Å². The molecule has 0 radical (unpaired) electrons. The van der Waals surface area contributed by atoms with Crippen molar-refractivity contribution in [1.29, 1.82) is 5.26 Å². The smallest absolute Gasteiger partial charge is 0.221 e. The molecule has 5 nitrogen and oxygen atoms in total. The first-order valence-electron chi connectivity index (χ1n) is 7.53. The molecule has 2 unspecified atom stereocenters. The summed E-state index contributed by atoms with van der Waals surface area (Å²) in [5, 5.41) is 11.4. The molecule has 0 saturated carbocycles. The number of benzene rings is 1. The summed E-state index contributed by atoms with van der Waals surface area (Å²) in [6.45, 7) is 6.16. The molecule has 2 atom stereocenters. The van der Waals surface area contributed by atoms with Gasteiger partial charge in [-0.2, -0.15) is 5.26 Å². The summed E-state index contributed by atoms with van der Waals surface area (Å²) in [6, 6.07) is 7.03. The van der Waals surface area contributed by atoms with Crippen LogP contribution in [0.15, 0.2) is 18.2 Å². The first-order chi connectivity index (χ1) is 11.0. The van der Waals surface area contributed by atoms with Crippen LogP contribution in [0, 0.1) is 23.7 Å². The van der Waals surface area contributed by atoms with Crippen molar-refractivity contribution in [2.24, 2.45) is 0 Å². The van der Waals surface area contributed by atoms with E-state index >= 15 is 0 Å². The predicted molar refractivity (Wildman–Crippen MR) is 88.2 cm³/mol. The number of nitrogens with zero attached hydrogens (tertiary/aromatic N) is 1. The van der Waals surface area contributed by atoms with Gasteiger partial charge in [0.05, 0.1) is 12.7 Å². The molecule has 0 aromatic heterocycles. The number of ether oxygens (including phenoxy) is 2. The van der Waals surface area contributed by atoms with Crippen molar-refractivity contribution in [3.8, 4) is 29.9 Å². The number of hydrogen-bond donors (Lipinski definition) is 1. The van der Waals surface area contributed by atoms with Gasteiger partial charge >= 0.3 is 0 Å². The molecule has 1 rings (SSSR count). The Morgan fingerprint density at radius 2 is 2.09 bits per heavy atom. The van der Waals surface area contributed by atoms with Crippen LogP contribution >= 0.6 is 0 Å². The van der Waals surface area contributed by atoms with E-state index in [1.807, 2.05) is 32.0 Å². The van der Waals surface area contributed by atoms with Crippen LogP contribution < -0.4 is 14.8 Å². The van der Waals surface area contributed by atoms with Crippen LogP contribution in [0.2, 0.25) is 0 Å². The molecular weight excluding hydrogens is 292 g/mol. The van der Waals surface area contributed by atoms with Crippen LogP contribution in [0.4, 0.5) is 0 Å². The maximum absolute atomic E-state index is 11.9. The molecule has 1 aromatic carbocycles. The van der Waals surface area contributed by atoms with Crippen LogP contribution in [-0.4, -0.2) is 25.2 Å². The van der Waals surface area contributed by atoms with Crippen LogP contribution in [0.1, 0.15) is 38.7 Å². The molecule has 0 spiro atoms. The molecule has 1 aromatic rings. The minimum absolute atomic E-state index is 0.0122. The van der Waals surface area contributed by atoms with Gasteiger partial charge in [0.25, 0.3) is 0 Å². The summed E-state index contributed by atoms with van der Waals surface area (Å²) in [7, 11) is 0. The Kier molecular flexibility index (Phi) is 7.50. The number of amides is 1. The Hall–Kier alpha value is -2.66. The second kappa shape index (κ2) is 9.38. The third-order valence-electron chi connectivity index (χ3n) is 3.21. The third-order valence-corrected chi connectivity index (χ3v) is 3.21. The van der Waals surface area contributed by atoms with Gasteiger partial charge in [-0.05, 0) is 37.5 Å². The second-order valence-corrected chi connectivity index (χ2v) is 5.16. The summed E-state index contributed by atoms with van der Waals surface area (Å²) >= 11 is 0. The molecule has 1 amide bonds. The largest absolute Gasteiger partial charge is 0.490 e. The van der Waals surface area contributed by atoms with Gasteiger partial charge < -0.3 is 14.8 Å². The number of carbonyl (C=O) groups is 1. The maximum Gasteiger partial charge on any atom is 0.221 e. The summed E-state index contributed by atoms with van der Waals surface area (Å²) < 4.78 is 11.0. The highest BCUT2D eigenvalue weighted by Gasteiger charge is 2.15. The first-order valence-corrected chi connectivity index (χ1v) is 7.53. The van der Waals surface area contributed by atoms with Gasteiger partial charge in [-0.3, -0.25) is 4.79 Å². The van der Waals surface area contributed by atoms with Gasteiger partial charge in [0.1, 0.15) is 12.6 Å². The van der Waals surface area contributed by atoms with E-state index in [0.29, 0.717) is 24.5 Å². The fourth-order valence-corrected chi connectivity index (χ4v) is 2.07. The van der Waals surface area contributed by atoms with E-state index in [4.69, 9.17) is 21.2 Å². The lowest BCUT2D eigenvalue weighted by molar-refractivity contribution is -0.121. The van der Waals surface area contributed by atoms with Crippen LogP contribution in [0.5, 0.6) is 11.5 Å². The molecule has 0 aliphatic heterocycles. The lowest BCUT2D eigenvalue weighted by atomic mass is 9.97. The fraction of sp³-hybridized carbons (Fsp3) is 0.444. The van der Waals surface area contributed by atoms with Gasteiger partial charge in [0.2, 0.25) is 5.91 Å². The molecule has 0 saturated heterocycles. The van der Waals surface area contributed by atoms with Gasteiger partial charge in [0.15, 0.2) is 11.5 Å². The Balaban J connectivity index is 2.83. The van der Waals surface area contributed by atoms with E-state index in [1.165, 1.54) is 0 Å². The second-order valence-electron chi connectivity index (χ2n) is 5.16. The van der Waals surface area contributed by atoms with Gasteiger partial charge in [-0.15, -0.1) is 6.42 Å². The average Bonchev–Trinajstić information content (AvgIpc) is 2.53. The Bertz CT molecular complexity index is 614. The first kappa shape index (κ1) is 18.4. The van der Waals surface area contributed by atoms with Crippen molar-refractivity contribution in [3.05, 3.63) is 23.8 Å². The van der Waals surface area contributed by atoms with Crippen LogP contribution in [-0.2, 0) is 4.79 Å². The van der Waals surface area contributed by atoms with Gasteiger partial charge in [0, 0.05) is 6.42 Å². The highest BCUT2D eigenvalue weighted by Crippen LogP contribution is 2.32. The monoisotopic (exact) mass is 314 g/mol. The zero-order valence-electron chi connectivity index (χ0n) is 13.8. The number of nitrogens with one attached hydrogen (secondary N) is 1. The van der Waals surface area contributed by atoms with Crippen LogP contribution in [0.3, 0.4) is 0 Å². The van der Waals surface area contributed by atoms with Crippen molar-refractivity contribution >= 4 is 5.91 Å². The Labute approximate surface area is 137 Å². The quantitative estimate of drug-likeness (QED) is 0.749. The highest BCUT2D eigenvalue weighted by molar-refractivity contribution is 5.77. The van der Waals surface area contributed by atoms with Crippen molar-refractivity contribution in [2.45, 2.75) is 39.2 Å². The van der Waals surface area contributed by atoms with E-state index < -0.39 is 6.04 Å². The minimum Gasteiger partial charge on any atom is -0.490 e. The Morgan fingerprint density at radius 3 is 2.70 bits per heavy atom. The molecule has 23 heavy (non-hydrogen) atoms. The molecule has 0 bridgehead atoms. The molecule has 122 valence electrons. The van der Waals surface area contributed by atoms with Gasteiger partial charge in [-0.1, -0.05) is 18.9 Å².